The number of likely N-dealkylation sites (N-methyl/N-ethyl adjacent to an activating group) is 1. The van der Waals surface area contributed by atoms with Gasteiger partial charge < -0.3 is 15.0 Å². The van der Waals surface area contributed by atoms with Crippen molar-refractivity contribution in [3.05, 3.63) is 51.5 Å². The molecule has 0 radical (unpaired) electrons. The molecule has 35 heavy (non-hydrogen) atoms. The van der Waals surface area contributed by atoms with Crippen LogP contribution in [-0.2, 0) is 0 Å². The number of aromatic nitrogens is 1. The largest absolute Gasteiger partial charge is 0.483 e. The van der Waals surface area contributed by atoms with Gasteiger partial charge in [0, 0.05) is 57.0 Å². The number of piperazine rings is 1. The standard InChI is InChI=1S/C23H25Cl2F2N5O2S/c1-13(20-15(26)4-3-14(24)21(20)25)34-18-12-19-17(11-16(18)27)29-23(35-19)30-22(33)28-5-6-32-9-7-31(2)8-10-32/h3-4,11-13H,5-10H2,1-2H3,(H2,28,29,30,33)/t13-/m1/s1. The van der Waals surface area contributed by atoms with Gasteiger partial charge in [-0.1, -0.05) is 34.5 Å². The van der Waals surface area contributed by atoms with E-state index in [4.69, 9.17) is 27.9 Å². The average Bonchev–Trinajstić information content (AvgIpc) is 3.18. The molecule has 1 aromatic heterocycles. The lowest BCUT2D eigenvalue weighted by Crippen LogP contribution is -2.47. The second kappa shape index (κ2) is 11.2. The second-order valence-electron chi connectivity index (χ2n) is 8.31. The molecule has 1 aliphatic rings. The molecule has 12 heteroatoms. The van der Waals surface area contributed by atoms with Crippen molar-refractivity contribution < 1.29 is 18.3 Å². The molecule has 3 aromatic rings. The molecule has 1 fully saturated rings. The minimum atomic E-state index is -0.898. The van der Waals surface area contributed by atoms with Crippen LogP contribution in [0.25, 0.3) is 10.2 Å². The molecule has 2 heterocycles. The zero-order valence-electron chi connectivity index (χ0n) is 19.2. The summed E-state index contributed by atoms with van der Waals surface area (Å²) < 4.78 is 35.3. The number of carbonyl (C=O) groups excluding carboxylic acids is 1. The number of ether oxygens (including phenoxy) is 1. The van der Waals surface area contributed by atoms with Crippen molar-refractivity contribution in [3.63, 3.8) is 0 Å². The van der Waals surface area contributed by atoms with E-state index in [9.17, 15) is 13.6 Å². The molecular formula is C23H25Cl2F2N5O2S. The van der Waals surface area contributed by atoms with Gasteiger partial charge in [0.1, 0.15) is 11.9 Å². The Balaban J connectivity index is 1.38. The number of urea groups is 1. The van der Waals surface area contributed by atoms with Gasteiger partial charge in [-0.15, -0.1) is 0 Å². The predicted octanol–water partition coefficient (Wildman–Crippen LogP) is 5.39. The van der Waals surface area contributed by atoms with Crippen LogP contribution in [0.5, 0.6) is 5.75 Å². The molecule has 2 amide bonds. The summed E-state index contributed by atoms with van der Waals surface area (Å²) in [6, 6.07) is 4.82. The van der Waals surface area contributed by atoms with Crippen molar-refractivity contribution in [2.24, 2.45) is 0 Å². The van der Waals surface area contributed by atoms with E-state index in [1.807, 2.05) is 0 Å². The van der Waals surface area contributed by atoms with Crippen LogP contribution in [-0.4, -0.2) is 67.1 Å². The summed E-state index contributed by atoms with van der Waals surface area (Å²) in [4.78, 5) is 21.1. The fraction of sp³-hybridized carbons (Fsp3) is 0.391. The van der Waals surface area contributed by atoms with E-state index in [0.29, 0.717) is 21.9 Å². The number of thiazole rings is 1. The molecule has 188 valence electrons. The van der Waals surface area contributed by atoms with Crippen LogP contribution in [0.4, 0.5) is 18.7 Å². The van der Waals surface area contributed by atoms with Gasteiger partial charge in [-0.25, -0.2) is 18.6 Å². The van der Waals surface area contributed by atoms with Crippen molar-refractivity contribution in [2.45, 2.75) is 13.0 Å². The zero-order valence-corrected chi connectivity index (χ0v) is 21.5. The van der Waals surface area contributed by atoms with Crippen LogP contribution in [0.3, 0.4) is 0 Å². The quantitative estimate of drug-likeness (QED) is 0.391. The number of nitrogens with zero attached hydrogens (tertiary/aromatic N) is 3. The van der Waals surface area contributed by atoms with Gasteiger partial charge in [0.05, 0.1) is 20.3 Å². The normalized spacial score (nSPS) is 15.8. The third-order valence-corrected chi connectivity index (χ3v) is 7.51. The number of benzene rings is 2. The molecular weight excluding hydrogens is 519 g/mol. The Morgan fingerprint density at radius 2 is 1.94 bits per heavy atom. The fourth-order valence-corrected chi connectivity index (χ4v) is 5.12. The Morgan fingerprint density at radius 1 is 1.20 bits per heavy atom. The summed E-state index contributed by atoms with van der Waals surface area (Å²) in [5, 5.41) is 6.03. The molecule has 1 atom stereocenters. The Labute approximate surface area is 216 Å². The van der Waals surface area contributed by atoms with E-state index in [0.717, 1.165) is 32.7 Å². The third-order valence-electron chi connectivity index (χ3n) is 5.76. The lowest BCUT2D eigenvalue weighted by atomic mass is 10.1. The van der Waals surface area contributed by atoms with Gasteiger partial charge in [-0.2, -0.15) is 0 Å². The van der Waals surface area contributed by atoms with Crippen molar-refractivity contribution in [3.8, 4) is 5.75 Å². The molecule has 2 aromatic carbocycles. The third kappa shape index (κ3) is 6.31. The number of halogens is 4. The number of anilines is 1. The summed E-state index contributed by atoms with van der Waals surface area (Å²) in [5.74, 6) is -1.36. The number of carbonyl (C=O) groups is 1. The lowest BCUT2D eigenvalue weighted by molar-refractivity contribution is 0.155. The lowest BCUT2D eigenvalue weighted by Gasteiger charge is -2.32. The van der Waals surface area contributed by atoms with E-state index in [-0.39, 0.29) is 27.4 Å². The molecule has 1 saturated heterocycles. The van der Waals surface area contributed by atoms with E-state index in [2.05, 4.69) is 32.5 Å². The van der Waals surface area contributed by atoms with E-state index >= 15 is 0 Å². The predicted molar refractivity (Wildman–Crippen MR) is 136 cm³/mol. The number of hydrogen-bond acceptors (Lipinski definition) is 6. The summed E-state index contributed by atoms with van der Waals surface area (Å²) in [6.07, 6.45) is -0.898. The smallest absolute Gasteiger partial charge is 0.321 e. The van der Waals surface area contributed by atoms with Crippen molar-refractivity contribution in [1.29, 1.82) is 0 Å². The first-order chi connectivity index (χ1) is 16.7. The summed E-state index contributed by atoms with van der Waals surface area (Å²) in [5.41, 5.74) is 0.408. The minimum Gasteiger partial charge on any atom is -0.483 e. The highest BCUT2D eigenvalue weighted by molar-refractivity contribution is 7.22. The maximum atomic E-state index is 14.7. The van der Waals surface area contributed by atoms with Gasteiger partial charge in [-0.3, -0.25) is 10.2 Å². The molecule has 7 nitrogen and oxygen atoms in total. The van der Waals surface area contributed by atoms with Crippen molar-refractivity contribution in [1.82, 2.24) is 20.1 Å². The summed E-state index contributed by atoms with van der Waals surface area (Å²) >= 11 is 13.3. The van der Waals surface area contributed by atoms with E-state index in [1.54, 1.807) is 6.92 Å². The first-order valence-corrected chi connectivity index (χ1v) is 12.6. The summed E-state index contributed by atoms with van der Waals surface area (Å²) in [7, 11) is 2.09. The Morgan fingerprint density at radius 3 is 2.69 bits per heavy atom. The SMILES string of the molecule is C[C@@H](Oc1cc2sc(NC(=O)NCCN3CCN(C)CC3)nc2cc1F)c1c(F)ccc(Cl)c1Cl. The van der Waals surface area contributed by atoms with Crippen LogP contribution in [0.1, 0.15) is 18.6 Å². The highest BCUT2D eigenvalue weighted by atomic mass is 35.5. The number of nitrogens with one attached hydrogen (secondary N) is 2. The molecule has 0 saturated carbocycles. The topological polar surface area (TPSA) is 69.7 Å². The Kier molecular flexibility index (Phi) is 8.28. The van der Waals surface area contributed by atoms with Crippen molar-refractivity contribution in [2.75, 3.05) is 51.6 Å². The first kappa shape index (κ1) is 25.8. The van der Waals surface area contributed by atoms with Crippen LogP contribution < -0.4 is 15.4 Å². The molecule has 4 rings (SSSR count). The van der Waals surface area contributed by atoms with Gasteiger partial charge in [-0.05, 0) is 26.1 Å². The monoisotopic (exact) mass is 543 g/mol. The Hall–Kier alpha value is -2.24. The van der Waals surface area contributed by atoms with Gasteiger partial charge >= 0.3 is 6.03 Å². The van der Waals surface area contributed by atoms with E-state index in [1.165, 1.54) is 35.6 Å². The summed E-state index contributed by atoms with van der Waals surface area (Å²) in [6.45, 7) is 6.80. The molecule has 0 bridgehead atoms. The number of amides is 2. The molecule has 0 aliphatic carbocycles. The minimum absolute atomic E-state index is 0.0172. The zero-order chi connectivity index (χ0) is 25.1. The number of hydrogen-bond donors (Lipinski definition) is 2. The van der Waals surface area contributed by atoms with Gasteiger partial charge in [0.15, 0.2) is 16.7 Å². The Bertz CT molecular complexity index is 1220. The number of rotatable bonds is 7. The molecule has 0 spiro atoms. The first-order valence-electron chi connectivity index (χ1n) is 11.1. The van der Waals surface area contributed by atoms with Crippen LogP contribution in [0, 0.1) is 11.6 Å². The molecule has 1 aliphatic heterocycles. The highest BCUT2D eigenvalue weighted by Gasteiger charge is 2.21. The maximum Gasteiger partial charge on any atom is 0.321 e. The van der Waals surface area contributed by atoms with E-state index < -0.39 is 17.7 Å². The maximum absolute atomic E-state index is 14.7. The molecule has 2 N–H and O–H groups in total. The van der Waals surface area contributed by atoms with Crippen molar-refractivity contribution >= 4 is 55.9 Å². The number of fused-ring (bicyclic) bond motifs is 1. The second-order valence-corrected chi connectivity index (χ2v) is 10.1. The molecule has 0 unspecified atom stereocenters. The highest BCUT2D eigenvalue weighted by Crippen LogP contribution is 2.37. The van der Waals surface area contributed by atoms with Gasteiger partial charge in [0.25, 0.3) is 0 Å². The fourth-order valence-electron chi connectivity index (χ4n) is 3.78. The van der Waals surface area contributed by atoms with Crippen LogP contribution >= 0.6 is 34.5 Å². The average molecular weight is 544 g/mol. The van der Waals surface area contributed by atoms with Crippen LogP contribution in [0.2, 0.25) is 10.0 Å². The van der Waals surface area contributed by atoms with Gasteiger partial charge in [0.2, 0.25) is 0 Å². The van der Waals surface area contributed by atoms with Crippen LogP contribution in [0.15, 0.2) is 24.3 Å².